The maximum atomic E-state index is 11.6. The third-order valence-corrected chi connectivity index (χ3v) is 7.24. The Morgan fingerprint density at radius 3 is 2.38 bits per heavy atom. The van der Waals surface area contributed by atoms with Crippen molar-refractivity contribution in [2.24, 2.45) is 10.9 Å². The summed E-state index contributed by atoms with van der Waals surface area (Å²) in [6.45, 7) is 0.903. The van der Waals surface area contributed by atoms with Crippen molar-refractivity contribution in [2.45, 2.75) is 44.1 Å². The second-order valence-corrected chi connectivity index (χ2v) is 9.55. The number of sulfone groups is 1. The topological polar surface area (TPSA) is 70.6 Å². The van der Waals surface area contributed by atoms with Crippen LogP contribution in [0.25, 0.3) is 0 Å². The molecule has 0 bridgehead atoms. The van der Waals surface area contributed by atoms with Crippen LogP contribution in [0, 0.1) is 5.92 Å². The van der Waals surface area contributed by atoms with Crippen LogP contribution in [0.5, 0.6) is 0 Å². The Bertz CT molecular complexity index is 686. The van der Waals surface area contributed by atoms with Gasteiger partial charge < -0.3 is 10.6 Å². The zero-order valence-corrected chi connectivity index (χ0v) is 18.5. The second kappa shape index (κ2) is 9.92. The zero-order valence-electron chi connectivity index (χ0n) is 15.4. The number of halogens is 1. The lowest BCUT2D eigenvalue weighted by molar-refractivity contribution is 0.324. The molecule has 1 aromatic carbocycles. The molecule has 7 heteroatoms. The molecule has 5 nitrogen and oxygen atoms in total. The monoisotopic (exact) mass is 491 g/mol. The van der Waals surface area contributed by atoms with Crippen LogP contribution in [0.15, 0.2) is 35.3 Å². The molecule has 2 aliphatic rings. The molecule has 1 saturated carbocycles. The van der Waals surface area contributed by atoms with Gasteiger partial charge in [-0.1, -0.05) is 30.3 Å². The highest BCUT2D eigenvalue weighted by molar-refractivity contribution is 14.0. The summed E-state index contributed by atoms with van der Waals surface area (Å²) in [6.07, 6.45) is 5.60. The SMILES string of the molecule is CN=C(NCC1CCC(c2ccccc2)CC1)NC1CCS(=O)(=O)C1.I. The molecule has 0 spiro atoms. The zero-order chi connectivity index (χ0) is 17.7. The third-order valence-electron chi connectivity index (χ3n) is 5.47. The molecule has 1 atom stereocenters. The number of guanidine groups is 1. The molecule has 1 aromatic rings. The molecule has 1 saturated heterocycles. The first-order valence-electron chi connectivity index (χ1n) is 9.28. The fourth-order valence-corrected chi connectivity index (χ4v) is 5.64. The van der Waals surface area contributed by atoms with Crippen molar-refractivity contribution in [3.8, 4) is 0 Å². The predicted octanol–water partition coefficient (Wildman–Crippen LogP) is 2.93. The molecule has 146 valence electrons. The van der Waals surface area contributed by atoms with E-state index in [4.69, 9.17) is 0 Å². The molecule has 1 heterocycles. The molecular weight excluding hydrogens is 461 g/mol. The predicted molar refractivity (Wildman–Crippen MR) is 118 cm³/mol. The first kappa shape index (κ1) is 21.5. The molecule has 1 aliphatic heterocycles. The van der Waals surface area contributed by atoms with Gasteiger partial charge in [-0.25, -0.2) is 8.42 Å². The maximum Gasteiger partial charge on any atom is 0.191 e. The van der Waals surface area contributed by atoms with Crippen molar-refractivity contribution < 1.29 is 8.42 Å². The number of benzene rings is 1. The first-order valence-corrected chi connectivity index (χ1v) is 11.1. The molecule has 1 unspecified atom stereocenters. The van der Waals surface area contributed by atoms with Gasteiger partial charge in [0.15, 0.2) is 15.8 Å². The normalized spacial score (nSPS) is 28.2. The highest BCUT2D eigenvalue weighted by Gasteiger charge is 2.28. The summed E-state index contributed by atoms with van der Waals surface area (Å²) in [5.41, 5.74) is 1.47. The van der Waals surface area contributed by atoms with E-state index in [1.165, 1.54) is 31.2 Å². The van der Waals surface area contributed by atoms with Gasteiger partial charge in [-0.15, -0.1) is 24.0 Å². The van der Waals surface area contributed by atoms with Crippen molar-refractivity contribution in [3.63, 3.8) is 0 Å². The number of aliphatic imine (C=N–C) groups is 1. The fourth-order valence-electron chi connectivity index (χ4n) is 3.96. The van der Waals surface area contributed by atoms with E-state index in [1.54, 1.807) is 7.05 Å². The van der Waals surface area contributed by atoms with Gasteiger partial charge in [0.05, 0.1) is 11.5 Å². The fraction of sp³-hybridized carbons (Fsp3) is 0.632. The smallest absolute Gasteiger partial charge is 0.191 e. The van der Waals surface area contributed by atoms with Gasteiger partial charge in [-0.05, 0) is 49.5 Å². The first-order chi connectivity index (χ1) is 12.1. The lowest BCUT2D eigenvalue weighted by atomic mass is 9.79. The lowest BCUT2D eigenvalue weighted by Crippen LogP contribution is -2.45. The van der Waals surface area contributed by atoms with Crippen molar-refractivity contribution >= 4 is 39.8 Å². The second-order valence-electron chi connectivity index (χ2n) is 7.33. The summed E-state index contributed by atoms with van der Waals surface area (Å²) in [6, 6.07) is 10.8. The summed E-state index contributed by atoms with van der Waals surface area (Å²) >= 11 is 0. The van der Waals surface area contributed by atoms with Gasteiger partial charge in [0, 0.05) is 19.6 Å². The van der Waals surface area contributed by atoms with Crippen LogP contribution < -0.4 is 10.6 Å². The Labute approximate surface area is 174 Å². The largest absolute Gasteiger partial charge is 0.356 e. The van der Waals surface area contributed by atoms with E-state index in [0.717, 1.165) is 12.5 Å². The molecular formula is C19H30IN3O2S. The third kappa shape index (κ3) is 6.11. The van der Waals surface area contributed by atoms with Crippen molar-refractivity contribution in [1.29, 1.82) is 0 Å². The summed E-state index contributed by atoms with van der Waals surface area (Å²) in [5, 5.41) is 6.65. The van der Waals surface area contributed by atoms with Gasteiger partial charge in [-0.3, -0.25) is 4.99 Å². The number of nitrogens with one attached hydrogen (secondary N) is 2. The van der Waals surface area contributed by atoms with E-state index in [9.17, 15) is 8.42 Å². The van der Waals surface area contributed by atoms with E-state index in [1.807, 2.05) is 0 Å². The Balaban J connectivity index is 0.00000243. The van der Waals surface area contributed by atoms with Crippen LogP contribution in [-0.4, -0.2) is 45.5 Å². The van der Waals surface area contributed by atoms with Gasteiger partial charge in [0.25, 0.3) is 0 Å². The van der Waals surface area contributed by atoms with Crippen molar-refractivity contribution in [2.75, 3.05) is 25.1 Å². The van der Waals surface area contributed by atoms with Crippen LogP contribution in [-0.2, 0) is 9.84 Å². The number of nitrogens with zero attached hydrogens (tertiary/aromatic N) is 1. The van der Waals surface area contributed by atoms with Crippen LogP contribution in [0.3, 0.4) is 0 Å². The van der Waals surface area contributed by atoms with Crippen LogP contribution in [0.4, 0.5) is 0 Å². The van der Waals surface area contributed by atoms with Crippen LogP contribution in [0.2, 0.25) is 0 Å². The Morgan fingerprint density at radius 1 is 1.12 bits per heavy atom. The minimum atomic E-state index is -2.86. The minimum absolute atomic E-state index is 0. The molecule has 0 amide bonds. The maximum absolute atomic E-state index is 11.6. The van der Waals surface area contributed by atoms with Crippen molar-refractivity contribution in [1.82, 2.24) is 10.6 Å². The number of hydrogen-bond donors (Lipinski definition) is 2. The Hall–Kier alpha value is -0.830. The lowest BCUT2D eigenvalue weighted by Gasteiger charge is -2.29. The summed E-state index contributed by atoms with van der Waals surface area (Å²) in [5.74, 6) is 2.58. The average molecular weight is 491 g/mol. The van der Waals surface area contributed by atoms with E-state index in [2.05, 4.69) is 46.0 Å². The van der Waals surface area contributed by atoms with Crippen LogP contribution >= 0.6 is 24.0 Å². The molecule has 3 rings (SSSR count). The quantitative estimate of drug-likeness (QED) is 0.386. The van der Waals surface area contributed by atoms with E-state index in [-0.39, 0.29) is 41.5 Å². The highest BCUT2D eigenvalue weighted by atomic mass is 127. The summed E-state index contributed by atoms with van der Waals surface area (Å²) < 4.78 is 23.1. The molecule has 2 fully saturated rings. The minimum Gasteiger partial charge on any atom is -0.356 e. The Kier molecular flexibility index (Phi) is 8.19. The van der Waals surface area contributed by atoms with Gasteiger partial charge in [0.2, 0.25) is 0 Å². The van der Waals surface area contributed by atoms with E-state index in [0.29, 0.717) is 18.3 Å². The molecule has 26 heavy (non-hydrogen) atoms. The van der Waals surface area contributed by atoms with Crippen LogP contribution in [0.1, 0.15) is 43.6 Å². The van der Waals surface area contributed by atoms with E-state index < -0.39 is 9.84 Å². The molecule has 1 aliphatic carbocycles. The van der Waals surface area contributed by atoms with Gasteiger partial charge in [-0.2, -0.15) is 0 Å². The molecule has 0 aromatic heterocycles. The average Bonchev–Trinajstić information content (AvgIpc) is 2.98. The molecule has 2 N–H and O–H groups in total. The Morgan fingerprint density at radius 2 is 1.81 bits per heavy atom. The van der Waals surface area contributed by atoms with Crippen molar-refractivity contribution in [3.05, 3.63) is 35.9 Å². The standard InChI is InChI=1S/C19H29N3O2S.HI/c1-20-19(22-18-11-12-25(23,24)14-18)21-13-15-7-9-17(10-8-15)16-5-3-2-4-6-16;/h2-6,15,17-18H,7-14H2,1H3,(H2,20,21,22);1H. The molecule has 0 radical (unpaired) electrons. The summed E-state index contributed by atoms with van der Waals surface area (Å²) in [7, 11) is -1.12. The van der Waals surface area contributed by atoms with Gasteiger partial charge in [0.1, 0.15) is 0 Å². The van der Waals surface area contributed by atoms with Gasteiger partial charge >= 0.3 is 0 Å². The van der Waals surface area contributed by atoms with E-state index >= 15 is 0 Å². The summed E-state index contributed by atoms with van der Waals surface area (Å²) in [4.78, 5) is 4.25. The number of hydrogen-bond acceptors (Lipinski definition) is 3. The highest BCUT2D eigenvalue weighted by Crippen LogP contribution is 2.35. The number of rotatable bonds is 4.